The fourth-order valence-electron chi connectivity index (χ4n) is 2.77. The van der Waals surface area contributed by atoms with Gasteiger partial charge < -0.3 is 4.90 Å². The number of rotatable bonds is 4. The predicted molar refractivity (Wildman–Crippen MR) is 100 cm³/mol. The van der Waals surface area contributed by atoms with Gasteiger partial charge in [0.15, 0.2) is 0 Å². The second-order valence-electron chi connectivity index (χ2n) is 6.04. The van der Waals surface area contributed by atoms with E-state index in [2.05, 4.69) is 17.6 Å². The van der Waals surface area contributed by atoms with Gasteiger partial charge in [-0.15, -0.1) is 12.6 Å². The standard InChI is InChI=1S/C20H20N2OS/c1-14(2)22(13-15-7-4-3-5-8-15)20(23)17-11-12-21-19-16(17)9-6-10-18(19)24/h3-12,14,24H,13H2,1-2H3. The molecule has 0 aliphatic heterocycles. The lowest BCUT2D eigenvalue weighted by Crippen LogP contribution is -2.36. The van der Waals surface area contributed by atoms with Crippen molar-refractivity contribution in [2.75, 3.05) is 0 Å². The molecule has 0 fully saturated rings. The summed E-state index contributed by atoms with van der Waals surface area (Å²) >= 11 is 4.45. The van der Waals surface area contributed by atoms with E-state index in [1.54, 1.807) is 12.3 Å². The molecule has 0 N–H and O–H groups in total. The van der Waals surface area contributed by atoms with Crippen LogP contribution in [0.4, 0.5) is 0 Å². The number of hydrogen-bond acceptors (Lipinski definition) is 3. The van der Waals surface area contributed by atoms with Gasteiger partial charge in [-0.3, -0.25) is 9.78 Å². The Morgan fingerprint density at radius 2 is 1.83 bits per heavy atom. The van der Waals surface area contributed by atoms with Crippen molar-refractivity contribution in [3.05, 3.63) is 71.9 Å². The highest BCUT2D eigenvalue weighted by molar-refractivity contribution is 7.80. The molecule has 4 heteroatoms. The van der Waals surface area contributed by atoms with E-state index in [0.717, 1.165) is 21.4 Å². The first-order chi connectivity index (χ1) is 11.6. The molecular weight excluding hydrogens is 316 g/mol. The number of thiol groups is 1. The van der Waals surface area contributed by atoms with E-state index < -0.39 is 0 Å². The minimum absolute atomic E-state index is 0.0141. The first-order valence-electron chi connectivity index (χ1n) is 7.99. The molecule has 0 atom stereocenters. The molecule has 1 aromatic heterocycles. The molecule has 0 saturated heterocycles. The van der Waals surface area contributed by atoms with Gasteiger partial charge in [-0.1, -0.05) is 42.5 Å². The van der Waals surface area contributed by atoms with Crippen LogP contribution in [0, 0.1) is 0 Å². The van der Waals surface area contributed by atoms with E-state index in [9.17, 15) is 4.79 Å². The molecule has 2 aromatic carbocycles. The first-order valence-corrected chi connectivity index (χ1v) is 8.44. The highest BCUT2D eigenvalue weighted by Crippen LogP contribution is 2.24. The third-order valence-electron chi connectivity index (χ3n) is 4.06. The summed E-state index contributed by atoms with van der Waals surface area (Å²) in [6.45, 7) is 4.66. The van der Waals surface area contributed by atoms with E-state index in [4.69, 9.17) is 0 Å². The summed E-state index contributed by atoms with van der Waals surface area (Å²) in [5, 5.41) is 0.841. The Balaban J connectivity index is 2.01. The second-order valence-corrected chi connectivity index (χ2v) is 6.53. The molecule has 0 bridgehead atoms. The molecule has 0 aliphatic carbocycles. The van der Waals surface area contributed by atoms with E-state index in [1.807, 2.05) is 67.3 Å². The van der Waals surface area contributed by atoms with Crippen LogP contribution in [0.5, 0.6) is 0 Å². The number of benzene rings is 2. The molecule has 3 rings (SSSR count). The topological polar surface area (TPSA) is 33.2 Å². The molecule has 0 radical (unpaired) electrons. The molecule has 0 saturated carbocycles. The maximum absolute atomic E-state index is 13.2. The largest absolute Gasteiger partial charge is 0.332 e. The average molecular weight is 336 g/mol. The van der Waals surface area contributed by atoms with Gasteiger partial charge in [0, 0.05) is 29.1 Å². The van der Waals surface area contributed by atoms with Crippen molar-refractivity contribution in [2.24, 2.45) is 0 Å². The van der Waals surface area contributed by atoms with Crippen LogP contribution in [-0.4, -0.2) is 21.8 Å². The Morgan fingerprint density at radius 3 is 2.54 bits per heavy atom. The van der Waals surface area contributed by atoms with Crippen LogP contribution in [0.3, 0.4) is 0 Å². The Hall–Kier alpha value is -2.33. The summed E-state index contributed by atoms with van der Waals surface area (Å²) in [6, 6.07) is 17.7. The van der Waals surface area contributed by atoms with Crippen molar-refractivity contribution in [1.82, 2.24) is 9.88 Å². The van der Waals surface area contributed by atoms with Crippen LogP contribution in [0.2, 0.25) is 0 Å². The van der Waals surface area contributed by atoms with Gasteiger partial charge in [-0.2, -0.15) is 0 Å². The molecule has 0 unspecified atom stereocenters. The van der Waals surface area contributed by atoms with E-state index >= 15 is 0 Å². The molecule has 3 nitrogen and oxygen atoms in total. The number of amides is 1. The zero-order valence-electron chi connectivity index (χ0n) is 13.8. The number of fused-ring (bicyclic) bond motifs is 1. The summed E-state index contributed by atoms with van der Waals surface area (Å²) in [6.07, 6.45) is 1.68. The smallest absolute Gasteiger partial charge is 0.255 e. The van der Waals surface area contributed by atoms with Crippen LogP contribution < -0.4 is 0 Å². The molecule has 122 valence electrons. The van der Waals surface area contributed by atoms with Crippen LogP contribution in [0.15, 0.2) is 65.7 Å². The van der Waals surface area contributed by atoms with E-state index in [0.29, 0.717) is 12.1 Å². The maximum atomic E-state index is 13.2. The molecule has 1 heterocycles. The van der Waals surface area contributed by atoms with Gasteiger partial charge in [0.2, 0.25) is 0 Å². The maximum Gasteiger partial charge on any atom is 0.255 e. The number of aromatic nitrogens is 1. The van der Waals surface area contributed by atoms with Crippen molar-refractivity contribution < 1.29 is 4.79 Å². The molecule has 24 heavy (non-hydrogen) atoms. The van der Waals surface area contributed by atoms with Crippen LogP contribution >= 0.6 is 12.6 Å². The highest BCUT2D eigenvalue weighted by atomic mass is 32.1. The summed E-state index contributed by atoms with van der Waals surface area (Å²) in [5.41, 5.74) is 2.54. The molecule has 1 amide bonds. The third kappa shape index (κ3) is 3.29. The quantitative estimate of drug-likeness (QED) is 0.708. The minimum Gasteiger partial charge on any atom is -0.332 e. The monoisotopic (exact) mass is 336 g/mol. The Morgan fingerprint density at radius 1 is 1.08 bits per heavy atom. The van der Waals surface area contributed by atoms with Gasteiger partial charge in [-0.05, 0) is 31.5 Å². The zero-order valence-corrected chi connectivity index (χ0v) is 14.7. The highest BCUT2D eigenvalue weighted by Gasteiger charge is 2.21. The fourth-order valence-corrected chi connectivity index (χ4v) is 3.03. The number of hydrogen-bond donors (Lipinski definition) is 1. The summed E-state index contributed by atoms with van der Waals surface area (Å²) in [4.78, 5) is 20.2. The Kier molecular flexibility index (Phi) is 4.86. The third-order valence-corrected chi connectivity index (χ3v) is 4.42. The average Bonchev–Trinajstić information content (AvgIpc) is 2.60. The Labute approximate surface area is 147 Å². The predicted octanol–water partition coefficient (Wildman–Crippen LogP) is 4.57. The summed E-state index contributed by atoms with van der Waals surface area (Å²) < 4.78 is 0. The van der Waals surface area contributed by atoms with E-state index in [-0.39, 0.29) is 11.9 Å². The SMILES string of the molecule is CC(C)N(Cc1ccccc1)C(=O)c1ccnc2c(S)cccc12. The molecule has 0 spiro atoms. The number of para-hydroxylation sites is 1. The van der Waals surface area contributed by atoms with Crippen molar-refractivity contribution >= 4 is 29.4 Å². The first kappa shape index (κ1) is 16.5. The normalized spacial score (nSPS) is 11.0. The number of nitrogens with zero attached hydrogens (tertiary/aromatic N) is 2. The lowest BCUT2D eigenvalue weighted by molar-refractivity contribution is 0.0692. The summed E-state index contributed by atoms with van der Waals surface area (Å²) in [5.74, 6) is 0.0141. The lowest BCUT2D eigenvalue weighted by Gasteiger charge is -2.27. The Bertz CT molecular complexity index is 862. The lowest BCUT2D eigenvalue weighted by atomic mass is 10.1. The van der Waals surface area contributed by atoms with Crippen molar-refractivity contribution in [3.8, 4) is 0 Å². The summed E-state index contributed by atoms with van der Waals surface area (Å²) in [7, 11) is 0. The van der Waals surface area contributed by atoms with E-state index in [1.165, 1.54) is 0 Å². The fraction of sp³-hybridized carbons (Fsp3) is 0.200. The van der Waals surface area contributed by atoms with Crippen LogP contribution in [0.1, 0.15) is 29.8 Å². The van der Waals surface area contributed by atoms with Crippen molar-refractivity contribution in [2.45, 2.75) is 31.3 Å². The van der Waals surface area contributed by atoms with Gasteiger partial charge in [-0.25, -0.2) is 0 Å². The molecular formula is C20H20N2OS. The van der Waals surface area contributed by atoms with Gasteiger partial charge >= 0.3 is 0 Å². The van der Waals surface area contributed by atoms with Crippen molar-refractivity contribution in [1.29, 1.82) is 0 Å². The number of pyridine rings is 1. The van der Waals surface area contributed by atoms with Gasteiger partial charge in [0.1, 0.15) is 0 Å². The number of carbonyl (C=O) groups excluding carboxylic acids is 1. The minimum atomic E-state index is 0.0141. The second kappa shape index (κ2) is 7.05. The van der Waals surface area contributed by atoms with Crippen LogP contribution in [0.25, 0.3) is 10.9 Å². The van der Waals surface area contributed by atoms with Gasteiger partial charge in [0.25, 0.3) is 5.91 Å². The van der Waals surface area contributed by atoms with Gasteiger partial charge in [0.05, 0.1) is 11.1 Å². The van der Waals surface area contributed by atoms with Crippen LogP contribution in [-0.2, 0) is 6.54 Å². The molecule has 3 aromatic rings. The zero-order chi connectivity index (χ0) is 17.1. The van der Waals surface area contributed by atoms with Crippen molar-refractivity contribution in [3.63, 3.8) is 0 Å². The molecule has 0 aliphatic rings. The number of carbonyl (C=O) groups is 1.